The smallest absolute Gasteiger partial charge is 0.303 e. The van der Waals surface area contributed by atoms with Crippen molar-refractivity contribution in [3.05, 3.63) is 29.8 Å². The highest BCUT2D eigenvalue weighted by Gasteiger charge is 2.03. The Morgan fingerprint density at radius 2 is 1.89 bits per heavy atom. The first-order valence-corrected chi connectivity index (χ1v) is 5.65. The zero-order valence-corrected chi connectivity index (χ0v) is 10.6. The number of carbonyl (C=O) groups is 2. The number of esters is 1. The summed E-state index contributed by atoms with van der Waals surface area (Å²) in [5.74, 6) is 0.0525. The van der Waals surface area contributed by atoms with Gasteiger partial charge in [-0.15, -0.1) is 0 Å². The van der Waals surface area contributed by atoms with Gasteiger partial charge in [0, 0.05) is 13.5 Å². The van der Waals surface area contributed by atoms with Gasteiger partial charge in [-0.3, -0.25) is 9.59 Å². The Morgan fingerprint density at radius 1 is 1.22 bits per heavy atom. The third-order valence-electron chi connectivity index (χ3n) is 2.30. The Labute approximate surface area is 106 Å². The van der Waals surface area contributed by atoms with Crippen molar-refractivity contribution in [1.29, 1.82) is 0 Å². The molecule has 1 amide bonds. The molecule has 0 atom stereocenters. The zero-order valence-electron chi connectivity index (χ0n) is 10.6. The number of benzene rings is 1. The fourth-order valence-corrected chi connectivity index (χ4v) is 1.36. The lowest BCUT2D eigenvalue weighted by Gasteiger charge is -2.06. The quantitative estimate of drug-likeness (QED) is 0.763. The van der Waals surface area contributed by atoms with Gasteiger partial charge in [0.15, 0.2) is 6.61 Å². The van der Waals surface area contributed by atoms with Gasteiger partial charge in [0.2, 0.25) is 0 Å². The molecule has 0 heterocycles. The van der Waals surface area contributed by atoms with Crippen molar-refractivity contribution < 1.29 is 19.1 Å². The van der Waals surface area contributed by atoms with E-state index in [1.54, 1.807) is 7.11 Å². The fourth-order valence-electron chi connectivity index (χ4n) is 1.36. The predicted octanol–water partition coefficient (Wildman–Crippen LogP) is 0.917. The summed E-state index contributed by atoms with van der Waals surface area (Å²) >= 11 is 0. The van der Waals surface area contributed by atoms with E-state index in [0.717, 1.165) is 17.7 Å². The first kappa shape index (κ1) is 14.0. The second-order valence-corrected chi connectivity index (χ2v) is 3.73. The van der Waals surface area contributed by atoms with E-state index in [1.807, 2.05) is 24.3 Å². The van der Waals surface area contributed by atoms with Gasteiger partial charge >= 0.3 is 5.97 Å². The van der Waals surface area contributed by atoms with Gasteiger partial charge in [0.05, 0.1) is 7.11 Å². The molecule has 0 aliphatic heterocycles. The van der Waals surface area contributed by atoms with Crippen LogP contribution in [0.15, 0.2) is 24.3 Å². The van der Waals surface area contributed by atoms with E-state index in [0.29, 0.717) is 6.54 Å². The second kappa shape index (κ2) is 7.32. The van der Waals surface area contributed by atoms with E-state index in [4.69, 9.17) is 4.74 Å². The standard InChI is InChI=1S/C13H17NO4/c1-10(15)18-9-13(16)14-8-7-11-3-5-12(17-2)6-4-11/h3-6H,7-9H2,1-2H3,(H,14,16). The number of hydrogen-bond acceptors (Lipinski definition) is 4. The third-order valence-corrected chi connectivity index (χ3v) is 2.30. The Kier molecular flexibility index (Phi) is 5.70. The van der Waals surface area contributed by atoms with Gasteiger partial charge in [-0.2, -0.15) is 0 Å². The maximum Gasteiger partial charge on any atom is 0.303 e. The Balaban J connectivity index is 2.24. The monoisotopic (exact) mass is 251 g/mol. The molecule has 1 aromatic rings. The van der Waals surface area contributed by atoms with Gasteiger partial charge in [-0.05, 0) is 24.1 Å². The SMILES string of the molecule is COc1ccc(CCNC(=O)COC(C)=O)cc1. The van der Waals surface area contributed by atoms with Gasteiger partial charge in [-0.1, -0.05) is 12.1 Å². The molecule has 1 aromatic carbocycles. The first-order chi connectivity index (χ1) is 8.61. The van der Waals surface area contributed by atoms with Crippen molar-refractivity contribution in [1.82, 2.24) is 5.32 Å². The summed E-state index contributed by atoms with van der Waals surface area (Å²) in [5, 5.41) is 2.67. The highest BCUT2D eigenvalue weighted by atomic mass is 16.5. The highest BCUT2D eigenvalue weighted by Crippen LogP contribution is 2.11. The lowest BCUT2D eigenvalue weighted by molar-refractivity contribution is -0.146. The van der Waals surface area contributed by atoms with Crippen molar-refractivity contribution in [2.24, 2.45) is 0 Å². The van der Waals surface area contributed by atoms with Crippen molar-refractivity contribution in [3.63, 3.8) is 0 Å². The molecule has 0 spiro atoms. The molecule has 0 aliphatic carbocycles. The first-order valence-electron chi connectivity index (χ1n) is 5.65. The Bertz CT molecular complexity index is 400. The fraction of sp³-hybridized carbons (Fsp3) is 0.385. The van der Waals surface area contributed by atoms with Crippen molar-refractivity contribution in [3.8, 4) is 5.75 Å². The van der Waals surface area contributed by atoms with Crippen LogP contribution in [0.3, 0.4) is 0 Å². The Hall–Kier alpha value is -2.04. The molecule has 0 aliphatic rings. The van der Waals surface area contributed by atoms with Crippen LogP contribution in [0, 0.1) is 0 Å². The summed E-state index contributed by atoms with van der Waals surface area (Å²) in [7, 11) is 1.62. The number of ether oxygens (including phenoxy) is 2. The summed E-state index contributed by atoms with van der Waals surface area (Å²) in [6.45, 7) is 1.55. The molecule has 1 rings (SSSR count). The van der Waals surface area contributed by atoms with Crippen LogP contribution >= 0.6 is 0 Å². The van der Waals surface area contributed by atoms with Crippen molar-refractivity contribution in [2.45, 2.75) is 13.3 Å². The van der Waals surface area contributed by atoms with Gasteiger partial charge in [-0.25, -0.2) is 0 Å². The summed E-state index contributed by atoms with van der Waals surface area (Å²) < 4.78 is 9.62. The summed E-state index contributed by atoms with van der Waals surface area (Å²) in [6, 6.07) is 7.63. The van der Waals surface area contributed by atoms with Crippen LogP contribution in [0.1, 0.15) is 12.5 Å². The third kappa shape index (κ3) is 5.34. The predicted molar refractivity (Wildman–Crippen MR) is 66.3 cm³/mol. The van der Waals surface area contributed by atoms with E-state index in [9.17, 15) is 9.59 Å². The molecular weight excluding hydrogens is 234 g/mol. The van der Waals surface area contributed by atoms with Gasteiger partial charge in [0.1, 0.15) is 5.75 Å². The number of amides is 1. The van der Waals surface area contributed by atoms with E-state index in [1.165, 1.54) is 6.92 Å². The van der Waals surface area contributed by atoms with E-state index < -0.39 is 5.97 Å². The average molecular weight is 251 g/mol. The minimum absolute atomic E-state index is 0.224. The van der Waals surface area contributed by atoms with Crippen LogP contribution in [0.2, 0.25) is 0 Å². The van der Waals surface area contributed by atoms with Crippen LogP contribution in [-0.2, 0) is 20.7 Å². The van der Waals surface area contributed by atoms with Crippen LogP contribution in [-0.4, -0.2) is 32.1 Å². The molecule has 0 saturated carbocycles. The van der Waals surface area contributed by atoms with E-state index in [2.05, 4.69) is 10.1 Å². The molecule has 0 bridgehead atoms. The normalized spacial score (nSPS) is 9.67. The maximum absolute atomic E-state index is 11.2. The van der Waals surface area contributed by atoms with Crippen LogP contribution in [0.5, 0.6) is 5.75 Å². The molecule has 98 valence electrons. The maximum atomic E-state index is 11.2. The molecule has 0 aromatic heterocycles. The van der Waals surface area contributed by atoms with E-state index in [-0.39, 0.29) is 12.5 Å². The largest absolute Gasteiger partial charge is 0.497 e. The van der Waals surface area contributed by atoms with Crippen molar-refractivity contribution >= 4 is 11.9 Å². The molecule has 18 heavy (non-hydrogen) atoms. The molecular formula is C13H17NO4. The van der Waals surface area contributed by atoms with Crippen LogP contribution in [0.4, 0.5) is 0 Å². The summed E-state index contributed by atoms with van der Waals surface area (Å²) in [6.07, 6.45) is 0.718. The number of nitrogens with one attached hydrogen (secondary N) is 1. The molecule has 0 fully saturated rings. The number of methoxy groups -OCH3 is 1. The highest BCUT2D eigenvalue weighted by molar-refractivity contribution is 5.79. The summed E-state index contributed by atoms with van der Waals surface area (Å²) in [4.78, 5) is 21.7. The molecule has 0 radical (unpaired) electrons. The average Bonchev–Trinajstić information content (AvgIpc) is 2.37. The molecule has 5 nitrogen and oxygen atoms in total. The Morgan fingerprint density at radius 3 is 2.44 bits per heavy atom. The number of hydrogen-bond donors (Lipinski definition) is 1. The number of rotatable bonds is 6. The topological polar surface area (TPSA) is 64.6 Å². The van der Waals surface area contributed by atoms with Crippen LogP contribution < -0.4 is 10.1 Å². The minimum Gasteiger partial charge on any atom is -0.497 e. The molecule has 1 N–H and O–H groups in total. The van der Waals surface area contributed by atoms with Crippen LogP contribution in [0.25, 0.3) is 0 Å². The molecule has 0 unspecified atom stereocenters. The summed E-state index contributed by atoms with van der Waals surface area (Å²) in [5.41, 5.74) is 1.10. The zero-order chi connectivity index (χ0) is 13.4. The molecule has 5 heteroatoms. The lowest BCUT2D eigenvalue weighted by Crippen LogP contribution is -2.30. The van der Waals surface area contributed by atoms with Gasteiger partial charge < -0.3 is 14.8 Å². The van der Waals surface area contributed by atoms with E-state index >= 15 is 0 Å². The van der Waals surface area contributed by atoms with Gasteiger partial charge in [0.25, 0.3) is 5.91 Å². The van der Waals surface area contributed by atoms with Crippen molar-refractivity contribution in [2.75, 3.05) is 20.3 Å². The minimum atomic E-state index is -0.458. The second-order valence-electron chi connectivity index (χ2n) is 3.73. The molecule has 0 saturated heterocycles. The number of carbonyl (C=O) groups excluding carboxylic acids is 2. The lowest BCUT2D eigenvalue weighted by atomic mass is 10.1.